The van der Waals surface area contributed by atoms with Gasteiger partial charge in [-0.2, -0.15) is 0 Å². The Morgan fingerprint density at radius 3 is 2.42 bits per heavy atom. The summed E-state index contributed by atoms with van der Waals surface area (Å²) in [5.41, 5.74) is 2.12. The van der Waals surface area contributed by atoms with Gasteiger partial charge >= 0.3 is 11.8 Å². The zero-order valence-corrected chi connectivity index (χ0v) is 18.3. The van der Waals surface area contributed by atoms with E-state index in [-0.39, 0.29) is 11.6 Å². The highest BCUT2D eigenvalue weighted by atomic mass is 35.5. The van der Waals surface area contributed by atoms with Gasteiger partial charge in [-0.3, -0.25) is 9.59 Å². The van der Waals surface area contributed by atoms with E-state index >= 15 is 0 Å². The van der Waals surface area contributed by atoms with Crippen molar-refractivity contribution in [2.45, 2.75) is 6.54 Å². The van der Waals surface area contributed by atoms with Crippen LogP contribution in [-0.2, 0) is 16.1 Å². The van der Waals surface area contributed by atoms with Gasteiger partial charge in [0.2, 0.25) is 5.88 Å². The Hall–Kier alpha value is -4.17. The number of hydrogen-bond acceptors (Lipinski definition) is 5. The third-order valence-corrected chi connectivity index (χ3v) is 5.21. The molecule has 0 spiro atoms. The summed E-state index contributed by atoms with van der Waals surface area (Å²) in [5, 5.41) is 21.9. The summed E-state index contributed by atoms with van der Waals surface area (Å²) in [4.78, 5) is 24.4. The van der Waals surface area contributed by atoms with E-state index in [2.05, 4.69) is 15.5 Å². The molecule has 33 heavy (non-hydrogen) atoms. The molecule has 0 fully saturated rings. The monoisotopic (exact) mass is 462 g/mol. The number of amides is 2. The lowest BCUT2D eigenvalue weighted by atomic mass is 10.2. The van der Waals surface area contributed by atoms with E-state index in [1.165, 1.54) is 7.11 Å². The fourth-order valence-corrected chi connectivity index (χ4v) is 3.43. The summed E-state index contributed by atoms with van der Waals surface area (Å²) in [6.45, 7) is 0.352. The average molecular weight is 463 g/mol. The number of benzene rings is 3. The van der Waals surface area contributed by atoms with E-state index in [1.54, 1.807) is 53.1 Å². The zero-order valence-electron chi connectivity index (χ0n) is 17.5. The summed E-state index contributed by atoms with van der Waals surface area (Å²) in [6, 6.07) is 20.9. The Morgan fingerprint density at radius 1 is 1.03 bits per heavy atom. The van der Waals surface area contributed by atoms with E-state index in [0.717, 1.165) is 5.56 Å². The van der Waals surface area contributed by atoms with Crippen LogP contribution in [0.2, 0.25) is 5.02 Å². The van der Waals surface area contributed by atoms with Crippen LogP contribution in [-0.4, -0.2) is 28.6 Å². The number of hydrogen-bond donors (Lipinski definition) is 2. The Balaban J connectivity index is 1.57. The lowest BCUT2D eigenvalue weighted by Crippen LogP contribution is -2.20. The smallest absolute Gasteiger partial charge is 0.353 e. The van der Waals surface area contributed by atoms with Gasteiger partial charge in [0.05, 0.1) is 19.2 Å². The van der Waals surface area contributed by atoms with Crippen molar-refractivity contribution in [3.05, 3.63) is 83.4 Å². The van der Waals surface area contributed by atoms with Gasteiger partial charge in [0, 0.05) is 16.1 Å². The quantitative estimate of drug-likeness (QED) is 0.310. The minimum absolute atomic E-state index is 0.102. The van der Waals surface area contributed by atoms with Crippen LogP contribution in [0.1, 0.15) is 5.56 Å². The molecule has 0 radical (unpaired) electrons. The molecule has 1 aromatic heterocycles. The summed E-state index contributed by atoms with van der Waals surface area (Å²) >= 11 is 5.95. The molecule has 4 aromatic rings. The van der Waals surface area contributed by atoms with Gasteiger partial charge in [0.1, 0.15) is 5.75 Å². The predicted molar refractivity (Wildman–Crippen MR) is 125 cm³/mol. The van der Waals surface area contributed by atoms with Crippen molar-refractivity contribution in [2.75, 3.05) is 12.4 Å². The minimum atomic E-state index is -1.10. The van der Waals surface area contributed by atoms with E-state index in [0.29, 0.717) is 33.9 Å². The van der Waals surface area contributed by atoms with Gasteiger partial charge in [0.25, 0.3) is 0 Å². The summed E-state index contributed by atoms with van der Waals surface area (Å²) in [5.74, 6) is -1.60. The van der Waals surface area contributed by atoms with Crippen LogP contribution in [0.3, 0.4) is 0 Å². The molecule has 166 valence electrons. The average Bonchev–Trinajstić information content (AvgIpc) is 3.10. The Labute approximate surface area is 194 Å². The van der Waals surface area contributed by atoms with Crippen molar-refractivity contribution < 1.29 is 19.4 Å². The lowest BCUT2D eigenvalue weighted by molar-refractivity contribution is -0.134. The highest BCUT2D eigenvalue weighted by molar-refractivity contribution is 6.40. The Kier molecular flexibility index (Phi) is 6.37. The molecular formula is C24H19ClN4O4. The number of nitrogens with one attached hydrogen (secondary N) is 1. The van der Waals surface area contributed by atoms with E-state index in [1.807, 2.05) is 24.3 Å². The molecule has 0 aliphatic rings. The highest BCUT2D eigenvalue weighted by Gasteiger charge is 2.19. The van der Waals surface area contributed by atoms with Crippen molar-refractivity contribution in [1.29, 1.82) is 0 Å². The number of rotatable bonds is 5. The molecule has 0 atom stereocenters. The first kappa shape index (κ1) is 22.0. The topological polar surface area (TPSA) is 105 Å². The minimum Gasteiger partial charge on any atom is -0.497 e. The zero-order chi connectivity index (χ0) is 23.4. The largest absolute Gasteiger partial charge is 0.497 e. The van der Waals surface area contributed by atoms with Crippen LogP contribution in [0.5, 0.6) is 11.6 Å². The van der Waals surface area contributed by atoms with E-state index in [4.69, 9.17) is 16.3 Å². The first-order valence-corrected chi connectivity index (χ1v) is 10.3. The first-order chi connectivity index (χ1) is 16.0. The molecule has 8 nitrogen and oxygen atoms in total. The SMILES string of the molecule is COc1ccc(NC(=O)C(=O)N=Nc2c(O)n(Cc3ccc(Cl)cc3)c3ccccc23)cc1. The van der Waals surface area contributed by atoms with Crippen LogP contribution in [0.4, 0.5) is 11.4 Å². The van der Waals surface area contributed by atoms with Gasteiger partial charge in [-0.1, -0.05) is 41.9 Å². The first-order valence-electron chi connectivity index (χ1n) is 9.92. The number of para-hydroxylation sites is 1. The van der Waals surface area contributed by atoms with Crippen LogP contribution < -0.4 is 10.1 Å². The van der Waals surface area contributed by atoms with Crippen molar-refractivity contribution in [1.82, 2.24) is 4.57 Å². The molecule has 2 N–H and O–H groups in total. The van der Waals surface area contributed by atoms with Gasteiger partial charge < -0.3 is 19.7 Å². The molecule has 3 aromatic carbocycles. The summed E-state index contributed by atoms with van der Waals surface area (Å²) in [6.07, 6.45) is 0. The summed E-state index contributed by atoms with van der Waals surface area (Å²) < 4.78 is 6.70. The number of aromatic nitrogens is 1. The van der Waals surface area contributed by atoms with Crippen molar-refractivity contribution in [3.8, 4) is 11.6 Å². The number of ether oxygens (including phenoxy) is 1. The maximum Gasteiger partial charge on any atom is 0.353 e. The Bertz CT molecular complexity index is 1350. The number of anilines is 1. The maximum atomic E-state index is 12.2. The third kappa shape index (κ3) is 4.86. The van der Waals surface area contributed by atoms with Gasteiger partial charge in [0.15, 0.2) is 5.69 Å². The predicted octanol–water partition coefficient (Wildman–Crippen LogP) is 5.31. The number of azo groups is 1. The molecule has 0 aliphatic carbocycles. The lowest BCUT2D eigenvalue weighted by Gasteiger charge is -2.07. The molecule has 4 rings (SSSR count). The number of methoxy groups -OCH3 is 1. The fourth-order valence-electron chi connectivity index (χ4n) is 3.30. The molecule has 0 unspecified atom stereocenters. The maximum absolute atomic E-state index is 12.2. The molecule has 2 amide bonds. The standard InChI is InChI=1S/C24H19ClN4O4/c1-33-18-12-10-17(11-13-18)26-22(30)23(31)28-27-21-19-4-2-3-5-20(19)29(24(21)32)14-15-6-8-16(25)9-7-15/h2-13,32H,14H2,1H3,(H,26,30). The third-order valence-electron chi connectivity index (χ3n) is 4.95. The molecule has 9 heteroatoms. The molecule has 0 bridgehead atoms. The second kappa shape index (κ2) is 9.54. The van der Waals surface area contributed by atoms with Crippen molar-refractivity contribution in [2.24, 2.45) is 10.2 Å². The van der Waals surface area contributed by atoms with Gasteiger partial charge in [-0.05, 0) is 48.0 Å². The second-order valence-electron chi connectivity index (χ2n) is 7.09. The number of carbonyl (C=O) groups excluding carboxylic acids is 2. The van der Waals surface area contributed by atoms with Gasteiger partial charge in [-0.25, -0.2) is 0 Å². The van der Waals surface area contributed by atoms with E-state index in [9.17, 15) is 14.7 Å². The number of fused-ring (bicyclic) bond motifs is 1. The van der Waals surface area contributed by atoms with Crippen LogP contribution in [0.25, 0.3) is 10.9 Å². The van der Waals surface area contributed by atoms with E-state index < -0.39 is 11.8 Å². The van der Waals surface area contributed by atoms with Crippen LogP contribution >= 0.6 is 11.6 Å². The normalized spacial score (nSPS) is 11.1. The van der Waals surface area contributed by atoms with Crippen LogP contribution in [0, 0.1) is 0 Å². The number of carbonyl (C=O) groups is 2. The number of halogens is 1. The highest BCUT2D eigenvalue weighted by Crippen LogP contribution is 2.39. The van der Waals surface area contributed by atoms with Crippen molar-refractivity contribution >= 4 is 45.7 Å². The second-order valence-corrected chi connectivity index (χ2v) is 7.53. The Morgan fingerprint density at radius 2 is 1.73 bits per heavy atom. The number of nitrogens with zero attached hydrogens (tertiary/aromatic N) is 3. The summed E-state index contributed by atoms with van der Waals surface area (Å²) in [7, 11) is 1.53. The molecule has 1 heterocycles. The molecule has 0 saturated heterocycles. The van der Waals surface area contributed by atoms with Crippen LogP contribution in [0.15, 0.2) is 83.0 Å². The van der Waals surface area contributed by atoms with Crippen molar-refractivity contribution in [3.63, 3.8) is 0 Å². The number of aromatic hydroxyl groups is 1. The molecule has 0 saturated carbocycles. The van der Waals surface area contributed by atoms with Gasteiger partial charge in [-0.15, -0.1) is 10.2 Å². The molecule has 0 aliphatic heterocycles. The fraction of sp³-hybridized carbons (Fsp3) is 0.0833. The molecular weight excluding hydrogens is 444 g/mol.